The maximum Gasteiger partial charge on any atom is 0.246 e. The third-order valence-corrected chi connectivity index (χ3v) is 15.5. The number of rotatable bonds is 40. The molecule has 3 unspecified atom stereocenters. The van der Waals surface area contributed by atoms with E-state index in [2.05, 4.69) is 16.0 Å². The quantitative estimate of drug-likeness (QED) is 0.0268. The highest BCUT2D eigenvalue weighted by molar-refractivity contribution is 8.93. The summed E-state index contributed by atoms with van der Waals surface area (Å²) >= 11 is 1.16. The molecule has 0 aromatic heterocycles. The predicted octanol–water partition coefficient (Wildman–Crippen LogP) is 0.723. The Hall–Kier alpha value is -5.02. The number of Topliss-reactive ketones (excluding diaryl/α,β-unsaturated/α-hetero) is 8. The number of β-lactam (4-membered cyclic amide) rings is 1. The first kappa shape index (κ1) is 62.5. The third kappa shape index (κ3) is 20.8. The van der Waals surface area contributed by atoms with Crippen molar-refractivity contribution in [2.75, 3.05) is 91.5 Å². The van der Waals surface area contributed by atoms with Crippen LogP contribution in [0.15, 0.2) is 24.3 Å². The molecule has 3 aliphatic rings. The van der Waals surface area contributed by atoms with E-state index in [0.717, 1.165) is 38.1 Å². The minimum Gasteiger partial charge on any atom is -0.379 e. The number of benzene rings is 1. The van der Waals surface area contributed by atoms with Gasteiger partial charge < -0.3 is 39.6 Å². The van der Waals surface area contributed by atoms with Crippen LogP contribution in [-0.2, 0) is 98.9 Å². The Labute approximate surface area is 446 Å². The monoisotopic (exact) mass is 1110 g/mol. The zero-order valence-corrected chi connectivity index (χ0v) is 44.9. The van der Waals surface area contributed by atoms with Crippen molar-refractivity contribution >= 4 is 109 Å². The Kier molecular flexibility index (Phi) is 27.1. The molecule has 1 aromatic rings. The molecule has 1 saturated carbocycles. The number of nitrogens with zero attached hydrogens (tertiary/aromatic N) is 1. The number of hydrogen-bond donors (Lipinski definition) is 3. The van der Waals surface area contributed by atoms with Gasteiger partial charge in [0.05, 0.1) is 64.0 Å². The second-order valence-electron chi connectivity index (χ2n) is 17.7. The molecule has 2 heterocycles. The Morgan fingerprint density at radius 2 is 1.31 bits per heavy atom. The molecule has 22 nitrogen and oxygen atoms in total. The van der Waals surface area contributed by atoms with Gasteiger partial charge in [-0.15, -0.1) is 11.8 Å². The molecule has 0 radical (unpaired) electrons. The van der Waals surface area contributed by atoms with Gasteiger partial charge in [-0.1, -0.05) is 45.9 Å². The van der Waals surface area contributed by atoms with E-state index < -0.39 is 70.1 Å². The van der Waals surface area contributed by atoms with E-state index in [-0.39, 0.29) is 163 Å². The van der Waals surface area contributed by atoms with Gasteiger partial charge >= 0.3 is 0 Å². The molecule has 0 spiro atoms. The van der Waals surface area contributed by atoms with Crippen molar-refractivity contribution in [3.63, 3.8) is 0 Å². The van der Waals surface area contributed by atoms with Crippen molar-refractivity contribution in [3.05, 3.63) is 35.4 Å². The zero-order valence-electron chi connectivity index (χ0n) is 42.4. The summed E-state index contributed by atoms with van der Waals surface area (Å²) in [7, 11) is 2.90. The van der Waals surface area contributed by atoms with E-state index in [1.807, 2.05) is 0 Å². The van der Waals surface area contributed by atoms with E-state index in [9.17, 15) is 62.3 Å². The molecule has 5 amide bonds. The molecule has 3 atom stereocenters. The van der Waals surface area contributed by atoms with Crippen LogP contribution in [0.3, 0.4) is 0 Å². The van der Waals surface area contributed by atoms with E-state index in [4.69, 9.17) is 23.7 Å². The number of nitrogens with one attached hydrogen (secondary N) is 3. The average Bonchev–Trinajstić information content (AvgIpc) is 4.17. The molecule has 25 heteroatoms. The molecular formula is C50H66N4O18S3. The second-order valence-corrected chi connectivity index (χ2v) is 21.8. The Morgan fingerprint density at radius 1 is 0.707 bits per heavy atom. The van der Waals surface area contributed by atoms with Gasteiger partial charge in [-0.2, -0.15) is 0 Å². The van der Waals surface area contributed by atoms with Gasteiger partial charge in [0.15, 0.2) is 40.5 Å². The average molecular weight is 1110 g/mol. The number of ether oxygens (including phenoxy) is 5. The maximum atomic E-state index is 13.3. The van der Waals surface area contributed by atoms with E-state index >= 15 is 0 Å². The molecule has 1 aliphatic carbocycles. The van der Waals surface area contributed by atoms with Gasteiger partial charge in [0.1, 0.15) is 29.6 Å². The molecule has 412 valence electrons. The highest BCUT2D eigenvalue weighted by Crippen LogP contribution is 2.54. The summed E-state index contributed by atoms with van der Waals surface area (Å²) in [6.07, 6.45) is 0.978. The molecule has 2 saturated heterocycles. The second kappa shape index (κ2) is 32.5. The lowest BCUT2D eigenvalue weighted by Crippen LogP contribution is -2.53. The maximum absolute atomic E-state index is 13.3. The Bertz CT molecular complexity index is 2220. The predicted molar refractivity (Wildman–Crippen MR) is 273 cm³/mol. The number of aryl methyl sites for hydroxylation is 1. The van der Waals surface area contributed by atoms with E-state index in [0.29, 0.717) is 24.9 Å². The van der Waals surface area contributed by atoms with Gasteiger partial charge in [0.2, 0.25) is 35.0 Å². The van der Waals surface area contributed by atoms with Crippen LogP contribution in [0.25, 0.3) is 0 Å². The van der Waals surface area contributed by atoms with Crippen LogP contribution in [0, 0.1) is 11.3 Å². The minimum atomic E-state index is -2.30. The smallest absolute Gasteiger partial charge is 0.246 e. The van der Waals surface area contributed by atoms with Gasteiger partial charge in [-0.05, 0) is 44.7 Å². The van der Waals surface area contributed by atoms with Gasteiger partial charge in [0, 0.05) is 70.3 Å². The summed E-state index contributed by atoms with van der Waals surface area (Å²) in [6.45, 7) is 3.34. The lowest BCUT2D eigenvalue weighted by molar-refractivity contribution is -0.155. The van der Waals surface area contributed by atoms with E-state index in [1.54, 1.807) is 24.3 Å². The van der Waals surface area contributed by atoms with Crippen LogP contribution in [0.5, 0.6) is 0 Å². The molecule has 3 fully saturated rings. The lowest BCUT2D eigenvalue weighted by atomic mass is 9.72. The normalized spacial score (nSPS) is 16.7. The first-order valence-electron chi connectivity index (χ1n) is 24.6. The number of thioether (sulfide) groups is 1. The molecular weight excluding hydrogens is 1040 g/mol. The van der Waals surface area contributed by atoms with Crippen LogP contribution in [-0.4, -0.2) is 188 Å². The van der Waals surface area contributed by atoms with Crippen LogP contribution in [0.2, 0.25) is 0 Å². The van der Waals surface area contributed by atoms with Crippen LogP contribution in [0.4, 0.5) is 0 Å². The summed E-state index contributed by atoms with van der Waals surface area (Å²) in [5, 5.41) is 7.14. The Balaban J connectivity index is 1.12. The number of ketones is 8. The molecule has 0 bridgehead atoms. The summed E-state index contributed by atoms with van der Waals surface area (Å²) in [5.41, 5.74) is -0.732. The van der Waals surface area contributed by atoms with Crippen molar-refractivity contribution in [3.8, 4) is 0 Å². The molecule has 1 aromatic carbocycles. The number of hydrogen-bond acceptors (Lipinski definition) is 21. The fourth-order valence-corrected chi connectivity index (χ4v) is 10.5. The third-order valence-electron chi connectivity index (χ3n) is 12.2. The Morgan fingerprint density at radius 3 is 1.88 bits per heavy atom. The topological polar surface area (TPSA) is 307 Å². The largest absolute Gasteiger partial charge is 0.379 e. The van der Waals surface area contributed by atoms with Crippen LogP contribution >= 0.6 is 33.3 Å². The van der Waals surface area contributed by atoms with Crippen molar-refractivity contribution in [2.24, 2.45) is 11.3 Å². The number of carbonyl (C=O) groups is 13. The fraction of sp³-hybridized carbons (Fsp3) is 0.620. The summed E-state index contributed by atoms with van der Waals surface area (Å²) in [4.78, 5) is 163. The van der Waals surface area contributed by atoms with E-state index in [1.165, 1.54) is 26.5 Å². The first-order valence-corrected chi connectivity index (χ1v) is 27.9. The highest BCUT2D eigenvalue weighted by Gasteiger charge is 2.51. The minimum absolute atomic E-state index is 0.00722. The van der Waals surface area contributed by atoms with Crippen molar-refractivity contribution < 1.29 is 86.0 Å². The van der Waals surface area contributed by atoms with Crippen LogP contribution in [0.1, 0.15) is 76.8 Å². The van der Waals surface area contributed by atoms with Crippen molar-refractivity contribution in [1.82, 2.24) is 20.9 Å². The lowest BCUT2D eigenvalue weighted by Gasteiger charge is -2.28. The summed E-state index contributed by atoms with van der Waals surface area (Å²) in [6, 6.07) is 5.86. The van der Waals surface area contributed by atoms with Gasteiger partial charge in [-0.3, -0.25) is 67.2 Å². The molecule has 3 N–H and O–H groups in total. The summed E-state index contributed by atoms with van der Waals surface area (Å²) in [5.74, 6) is -6.99. The SMILES string of the molecule is CC(=O)C(C(C)=O)(C(C)=O)C(=O)CCOCCOCCOCCOCCNC(=O)C(CNC(=O)COCC(=O)Cc1ccc(CCC(=O)N2CCC2=O)cc1)NC(=O)CCSC1CC(=O)C(CCC(=O)C2SS2)C1=O. The molecule has 75 heavy (non-hydrogen) atoms. The zero-order chi connectivity index (χ0) is 54.9. The highest BCUT2D eigenvalue weighted by atomic mass is 33.2. The summed E-state index contributed by atoms with van der Waals surface area (Å²) < 4.78 is 27.0. The van der Waals surface area contributed by atoms with Crippen LogP contribution < -0.4 is 16.0 Å². The van der Waals surface area contributed by atoms with Crippen molar-refractivity contribution in [1.29, 1.82) is 0 Å². The molecule has 4 rings (SSSR count). The number of carbonyl (C=O) groups excluding carboxylic acids is 13. The fourth-order valence-electron chi connectivity index (χ4n) is 7.97. The molecule has 2 aliphatic heterocycles. The number of imide groups is 1. The first-order chi connectivity index (χ1) is 35.8. The standard InChI is InChI=1S/C50H66N4O18S3/c1-31(55)50(32(2)56,33(3)57)42(61)13-17-68-19-21-70-23-24-71-22-20-69-18-15-51-48(67)38(53-43(62)14-25-73-41-27-40(60)37(47(41)66)9-10-39(59)49-74-75-49)28-52-44(63)30-72-29-36(58)26-35-6-4-34(5-7-35)8-11-45(64)54-16-12-46(54)65/h4-7,37-38,41,49H,8-30H2,1-3H3,(H,51,67)(H,52,63)(H,53,62). The van der Waals surface area contributed by atoms with Crippen molar-refractivity contribution in [2.45, 2.75) is 94.4 Å². The van der Waals surface area contributed by atoms with Gasteiger partial charge in [-0.25, -0.2) is 0 Å². The number of likely N-dealkylation sites (tertiary alicyclic amines) is 1. The van der Waals surface area contributed by atoms with Gasteiger partial charge in [0.25, 0.3) is 0 Å². The number of amides is 5.